The molecule has 0 aliphatic heterocycles. The topological polar surface area (TPSA) is 43.1 Å². The molecule has 25 heavy (non-hydrogen) atoms. The van der Waals surface area contributed by atoms with E-state index in [1.165, 1.54) is 0 Å². The quantitative estimate of drug-likeness (QED) is 0.418. The monoisotopic (exact) mass is 361 g/mol. The van der Waals surface area contributed by atoms with E-state index in [0.29, 0.717) is 6.20 Å². The fourth-order valence-corrected chi connectivity index (χ4v) is 2.10. The summed E-state index contributed by atoms with van der Waals surface area (Å²) in [5, 5.41) is 10.8. The van der Waals surface area contributed by atoms with Gasteiger partial charge in [-0.2, -0.15) is 26.3 Å². The maximum Gasteiger partial charge on any atom is 0.416 e. The van der Waals surface area contributed by atoms with Crippen LogP contribution in [-0.2, 0) is 12.4 Å². The Bertz CT molecular complexity index is 730. The summed E-state index contributed by atoms with van der Waals surface area (Å²) in [6, 6.07) is 7.07. The van der Waals surface area contributed by atoms with Gasteiger partial charge in [0.05, 0.1) is 21.6 Å². The smallest absolute Gasteiger partial charge is 0.259 e. The van der Waals surface area contributed by atoms with Gasteiger partial charge in [0.25, 0.3) is 0 Å². The van der Waals surface area contributed by atoms with Gasteiger partial charge in [-0.3, -0.25) is 10.1 Å². The molecule has 0 atom stereocenters. The van der Waals surface area contributed by atoms with Gasteiger partial charge in [-0.1, -0.05) is 24.3 Å². The van der Waals surface area contributed by atoms with Crippen LogP contribution in [-0.4, -0.2) is 4.92 Å². The summed E-state index contributed by atoms with van der Waals surface area (Å²) in [6.45, 7) is 0. The van der Waals surface area contributed by atoms with Crippen LogP contribution in [0.1, 0.15) is 22.3 Å². The van der Waals surface area contributed by atoms with Crippen LogP contribution in [0.2, 0.25) is 0 Å². The fraction of sp³-hybridized carbons (Fsp3) is 0.125. The van der Waals surface area contributed by atoms with Crippen LogP contribution in [0.3, 0.4) is 0 Å². The van der Waals surface area contributed by atoms with Gasteiger partial charge < -0.3 is 0 Å². The second-order valence-corrected chi connectivity index (χ2v) is 4.98. The molecule has 0 heterocycles. The van der Waals surface area contributed by atoms with Gasteiger partial charge >= 0.3 is 12.4 Å². The zero-order chi connectivity index (χ0) is 18.8. The van der Waals surface area contributed by atoms with Gasteiger partial charge in [0, 0.05) is 0 Å². The van der Waals surface area contributed by atoms with Crippen molar-refractivity contribution in [3.05, 3.63) is 87.1 Å². The molecular formula is C16H9F6NO2. The molecule has 0 unspecified atom stereocenters. The Morgan fingerprint density at radius 3 is 1.32 bits per heavy atom. The van der Waals surface area contributed by atoms with Crippen molar-refractivity contribution in [1.82, 2.24) is 0 Å². The standard InChI is InChI=1S/C16H9F6NO2/c17-15(18,19)12-5-1-10(2-6-12)14(9-23(24)25)11-3-7-13(8-4-11)16(20,21)22/h1-9H. The molecule has 132 valence electrons. The number of alkyl halides is 6. The normalized spacial score (nSPS) is 11.9. The van der Waals surface area contributed by atoms with E-state index < -0.39 is 28.4 Å². The number of hydrogen-bond donors (Lipinski definition) is 0. The van der Waals surface area contributed by atoms with Crippen LogP contribution in [0.5, 0.6) is 0 Å². The maximum absolute atomic E-state index is 12.6. The molecule has 0 aliphatic rings. The fourth-order valence-electron chi connectivity index (χ4n) is 2.10. The predicted octanol–water partition coefficient (Wildman–Crippen LogP) is 5.39. The Morgan fingerprint density at radius 1 is 0.760 bits per heavy atom. The average molecular weight is 361 g/mol. The Labute approximate surface area is 137 Å². The molecule has 0 saturated carbocycles. The van der Waals surface area contributed by atoms with Gasteiger partial charge in [-0.05, 0) is 35.4 Å². The predicted molar refractivity (Wildman–Crippen MR) is 77.0 cm³/mol. The van der Waals surface area contributed by atoms with E-state index >= 15 is 0 Å². The number of halogens is 6. The summed E-state index contributed by atoms with van der Waals surface area (Å²) in [7, 11) is 0. The molecule has 9 heteroatoms. The summed E-state index contributed by atoms with van der Waals surface area (Å²) in [5.41, 5.74) is -1.84. The van der Waals surface area contributed by atoms with E-state index in [0.717, 1.165) is 48.5 Å². The molecule has 0 aliphatic carbocycles. The number of benzene rings is 2. The molecule has 0 aromatic heterocycles. The second-order valence-electron chi connectivity index (χ2n) is 4.98. The highest BCUT2D eigenvalue weighted by molar-refractivity contribution is 5.79. The minimum absolute atomic E-state index is 0.0736. The van der Waals surface area contributed by atoms with Crippen LogP contribution in [0, 0.1) is 10.1 Å². The summed E-state index contributed by atoms with van der Waals surface area (Å²) in [6.07, 6.45) is -8.61. The van der Waals surface area contributed by atoms with E-state index in [-0.39, 0.29) is 16.7 Å². The molecular weight excluding hydrogens is 352 g/mol. The molecule has 0 bridgehead atoms. The van der Waals surface area contributed by atoms with E-state index in [1.54, 1.807) is 0 Å². The summed E-state index contributed by atoms with van der Waals surface area (Å²) in [4.78, 5) is 9.95. The number of hydrogen-bond acceptors (Lipinski definition) is 2. The number of nitrogens with zero attached hydrogens (tertiary/aromatic N) is 1. The Balaban J connectivity index is 2.46. The second kappa shape index (κ2) is 6.58. The molecule has 0 radical (unpaired) electrons. The van der Waals surface area contributed by atoms with Gasteiger partial charge in [0.15, 0.2) is 0 Å². The van der Waals surface area contributed by atoms with Crippen LogP contribution < -0.4 is 0 Å². The largest absolute Gasteiger partial charge is 0.416 e. The van der Waals surface area contributed by atoms with Gasteiger partial charge in [0.2, 0.25) is 6.20 Å². The van der Waals surface area contributed by atoms with E-state index in [4.69, 9.17) is 0 Å². The van der Waals surface area contributed by atoms with E-state index in [9.17, 15) is 36.5 Å². The number of rotatable bonds is 3. The van der Waals surface area contributed by atoms with Gasteiger partial charge in [-0.25, -0.2) is 0 Å². The lowest BCUT2D eigenvalue weighted by Gasteiger charge is -2.11. The van der Waals surface area contributed by atoms with Crippen LogP contribution in [0.25, 0.3) is 5.57 Å². The first kappa shape index (κ1) is 18.5. The molecule has 0 amide bonds. The summed E-state index contributed by atoms with van der Waals surface area (Å²) in [5.74, 6) is 0. The first-order chi connectivity index (χ1) is 11.5. The van der Waals surface area contributed by atoms with Crippen molar-refractivity contribution in [1.29, 1.82) is 0 Å². The lowest BCUT2D eigenvalue weighted by atomic mass is 9.97. The molecule has 0 spiro atoms. The zero-order valence-corrected chi connectivity index (χ0v) is 12.2. The molecule has 3 nitrogen and oxygen atoms in total. The maximum atomic E-state index is 12.6. The zero-order valence-electron chi connectivity index (χ0n) is 12.2. The highest BCUT2D eigenvalue weighted by Gasteiger charge is 2.31. The van der Waals surface area contributed by atoms with Crippen molar-refractivity contribution < 1.29 is 31.3 Å². The van der Waals surface area contributed by atoms with Crippen molar-refractivity contribution in [2.45, 2.75) is 12.4 Å². The Hall–Kier alpha value is -2.84. The lowest BCUT2D eigenvalue weighted by Crippen LogP contribution is -2.05. The van der Waals surface area contributed by atoms with Crippen molar-refractivity contribution in [3.8, 4) is 0 Å². The van der Waals surface area contributed by atoms with Crippen molar-refractivity contribution in [2.24, 2.45) is 0 Å². The lowest BCUT2D eigenvalue weighted by molar-refractivity contribution is -0.401. The first-order valence-electron chi connectivity index (χ1n) is 6.69. The van der Waals surface area contributed by atoms with Crippen LogP contribution in [0.15, 0.2) is 54.7 Å². The molecule has 2 aromatic carbocycles. The molecule has 2 aromatic rings. The first-order valence-corrected chi connectivity index (χ1v) is 6.69. The third kappa shape index (κ3) is 4.59. The van der Waals surface area contributed by atoms with Crippen molar-refractivity contribution >= 4 is 5.57 Å². The Kier molecular flexibility index (Phi) is 4.87. The SMILES string of the molecule is O=[N+]([O-])C=C(c1ccc(C(F)(F)F)cc1)c1ccc(C(F)(F)F)cc1. The molecule has 0 saturated heterocycles. The minimum Gasteiger partial charge on any atom is -0.259 e. The van der Waals surface area contributed by atoms with Crippen LogP contribution >= 0.6 is 0 Å². The summed E-state index contributed by atoms with van der Waals surface area (Å²) < 4.78 is 75.5. The molecule has 0 fully saturated rings. The average Bonchev–Trinajstić information content (AvgIpc) is 2.51. The van der Waals surface area contributed by atoms with E-state index in [1.807, 2.05) is 0 Å². The van der Waals surface area contributed by atoms with Crippen LogP contribution in [0.4, 0.5) is 26.3 Å². The minimum atomic E-state index is -4.57. The van der Waals surface area contributed by atoms with Gasteiger partial charge in [0.1, 0.15) is 0 Å². The molecule has 2 rings (SSSR count). The van der Waals surface area contributed by atoms with E-state index in [2.05, 4.69) is 0 Å². The molecule has 0 N–H and O–H groups in total. The summed E-state index contributed by atoms with van der Waals surface area (Å²) >= 11 is 0. The third-order valence-corrected chi connectivity index (χ3v) is 3.28. The Morgan fingerprint density at radius 2 is 1.08 bits per heavy atom. The van der Waals surface area contributed by atoms with Gasteiger partial charge in [-0.15, -0.1) is 0 Å². The number of nitro groups is 1. The highest BCUT2D eigenvalue weighted by Crippen LogP contribution is 2.33. The van der Waals surface area contributed by atoms with Crippen molar-refractivity contribution in [2.75, 3.05) is 0 Å². The third-order valence-electron chi connectivity index (χ3n) is 3.28. The highest BCUT2D eigenvalue weighted by atomic mass is 19.4. The van der Waals surface area contributed by atoms with Crippen molar-refractivity contribution in [3.63, 3.8) is 0 Å².